The lowest BCUT2D eigenvalue weighted by molar-refractivity contribution is -0.384. The van der Waals surface area contributed by atoms with Crippen LogP contribution < -0.4 is 4.74 Å². The Morgan fingerprint density at radius 3 is 1.93 bits per heavy atom. The van der Waals surface area contributed by atoms with Crippen LogP contribution in [0.2, 0.25) is 0 Å². The topological polar surface area (TPSA) is 69.4 Å². The van der Waals surface area contributed by atoms with Gasteiger partial charge >= 0.3 is 5.97 Å². The molecule has 162 valence electrons. The molecule has 1 aromatic rings. The Bertz CT molecular complexity index is 595. The minimum absolute atomic E-state index is 0.0120. The summed E-state index contributed by atoms with van der Waals surface area (Å²) in [5, 5.41) is 10.6. The van der Waals surface area contributed by atoms with Crippen molar-refractivity contribution in [1.82, 2.24) is 0 Å². The van der Waals surface area contributed by atoms with Gasteiger partial charge in [0.1, 0.15) is 5.75 Å². The summed E-state index contributed by atoms with van der Waals surface area (Å²) < 4.78 is 5.20. The number of hydrogen-bond donors (Lipinski definition) is 0. The van der Waals surface area contributed by atoms with Gasteiger partial charge in [-0.1, -0.05) is 70.4 Å². The molecular formula is C24H37NO4. The van der Waals surface area contributed by atoms with Crippen molar-refractivity contribution in [3.8, 4) is 5.75 Å². The van der Waals surface area contributed by atoms with Gasteiger partial charge in [-0.2, -0.15) is 0 Å². The van der Waals surface area contributed by atoms with Gasteiger partial charge < -0.3 is 4.74 Å². The Balaban J connectivity index is 1.93. The summed E-state index contributed by atoms with van der Waals surface area (Å²) in [7, 11) is 0. The van der Waals surface area contributed by atoms with Crippen molar-refractivity contribution in [3.05, 3.63) is 46.5 Å². The molecule has 1 aromatic carbocycles. The molecule has 0 spiro atoms. The van der Waals surface area contributed by atoms with Crippen LogP contribution in [-0.4, -0.2) is 10.9 Å². The fourth-order valence-corrected chi connectivity index (χ4v) is 3.16. The molecule has 0 aliphatic heterocycles. The quantitative estimate of drug-likeness (QED) is 0.0672. The number of allylic oxidation sites excluding steroid dienone is 2. The molecule has 1 rings (SSSR count). The molecule has 0 saturated carbocycles. The van der Waals surface area contributed by atoms with Gasteiger partial charge in [0, 0.05) is 18.6 Å². The highest BCUT2D eigenvalue weighted by Crippen LogP contribution is 2.18. The van der Waals surface area contributed by atoms with Gasteiger partial charge in [-0.3, -0.25) is 14.9 Å². The standard InChI is InChI=1S/C24H37NO4/c1-2-3-4-5-6-7-8-9-10-11-12-13-14-15-16-17-24(26)29-23-20-18-22(19-21-23)25(27)28/h9-10,18-21H,2-8,11-17H2,1H3. The Kier molecular flexibility index (Phi) is 14.4. The van der Waals surface area contributed by atoms with Crippen molar-refractivity contribution in [2.45, 2.75) is 96.8 Å². The molecule has 5 heteroatoms. The summed E-state index contributed by atoms with van der Waals surface area (Å²) in [6.07, 6.45) is 20.9. The first kappa shape index (κ1) is 24.9. The molecule has 0 radical (unpaired) electrons. The Labute approximate surface area is 175 Å². The van der Waals surface area contributed by atoms with Crippen molar-refractivity contribution >= 4 is 11.7 Å². The van der Waals surface area contributed by atoms with Gasteiger partial charge in [-0.15, -0.1) is 0 Å². The molecule has 0 aromatic heterocycles. The second-order valence-electron chi connectivity index (χ2n) is 7.56. The molecule has 5 nitrogen and oxygen atoms in total. The van der Waals surface area contributed by atoms with E-state index in [9.17, 15) is 14.9 Å². The lowest BCUT2D eigenvalue weighted by atomic mass is 10.1. The van der Waals surface area contributed by atoms with Crippen LogP contribution in [0.1, 0.15) is 96.8 Å². The van der Waals surface area contributed by atoms with Crippen molar-refractivity contribution in [1.29, 1.82) is 0 Å². The Hall–Kier alpha value is -2.17. The third-order valence-electron chi connectivity index (χ3n) is 4.92. The maximum absolute atomic E-state index is 11.8. The molecule has 0 aliphatic carbocycles. The fraction of sp³-hybridized carbons (Fsp3) is 0.625. The predicted octanol–water partition coefficient (Wildman–Crippen LogP) is 7.54. The van der Waals surface area contributed by atoms with Gasteiger partial charge in [0.15, 0.2) is 0 Å². The molecule has 29 heavy (non-hydrogen) atoms. The minimum Gasteiger partial charge on any atom is -0.427 e. The van der Waals surface area contributed by atoms with Crippen LogP contribution in [0.15, 0.2) is 36.4 Å². The van der Waals surface area contributed by atoms with Gasteiger partial charge in [0.2, 0.25) is 0 Å². The van der Waals surface area contributed by atoms with Crippen LogP contribution in [0.3, 0.4) is 0 Å². The predicted molar refractivity (Wildman–Crippen MR) is 118 cm³/mol. The van der Waals surface area contributed by atoms with E-state index < -0.39 is 4.92 Å². The van der Waals surface area contributed by atoms with Gasteiger partial charge in [-0.25, -0.2) is 0 Å². The molecular weight excluding hydrogens is 366 g/mol. The van der Waals surface area contributed by atoms with Crippen molar-refractivity contribution in [3.63, 3.8) is 0 Å². The van der Waals surface area contributed by atoms with Crippen LogP contribution in [0.25, 0.3) is 0 Å². The number of nitrogens with zero attached hydrogens (tertiary/aromatic N) is 1. The smallest absolute Gasteiger partial charge is 0.311 e. The van der Waals surface area contributed by atoms with E-state index in [1.165, 1.54) is 82.1 Å². The van der Waals surface area contributed by atoms with E-state index in [0.717, 1.165) is 25.7 Å². The SMILES string of the molecule is CCCCCCCCC=CCCCCCCCC(=O)Oc1ccc([N+](=O)[O-])cc1. The lowest BCUT2D eigenvalue weighted by Gasteiger charge is -2.04. The highest BCUT2D eigenvalue weighted by atomic mass is 16.6. The molecule has 0 atom stereocenters. The maximum Gasteiger partial charge on any atom is 0.311 e. The van der Waals surface area contributed by atoms with Gasteiger partial charge in [-0.05, 0) is 44.2 Å². The zero-order valence-corrected chi connectivity index (χ0v) is 17.9. The van der Waals surface area contributed by atoms with Crippen LogP contribution in [0, 0.1) is 10.1 Å². The number of ether oxygens (including phenoxy) is 1. The number of nitro benzene ring substituents is 1. The highest BCUT2D eigenvalue weighted by Gasteiger charge is 2.08. The number of rotatable bonds is 17. The highest BCUT2D eigenvalue weighted by molar-refractivity contribution is 5.72. The third kappa shape index (κ3) is 13.6. The van der Waals surface area contributed by atoms with E-state index in [4.69, 9.17) is 4.74 Å². The van der Waals surface area contributed by atoms with Crippen molar-refractivity contribution < 1.29 is 14.5 Å². The largest absolute Gasteiger partial charge is 0.427 e. The van der Waals surface area contributed by atoms with Gasteiger partial charge in [0.05, 0.1) is 4.92 Å². The normalized spacial score (nSPS) is 11.1. The molecule has 0 aliphatic rings. The zero-order chi connectivity index (χ0) is 21.2. The van der Waals surface area contributed by atoms with Crippen molar-refractivity contribution in [2.75, 3.05) is 0 Å². The number of hydrogen-bond acceptors (Lipinski definition) is 4. The van der Waals surface area contributed by atoms with Crippen LogP contribution in [0.4, 0.5) is 5.69 Å². The minimum atomic E-state index is -0.475. The van der Waals surface area contributed by atoms with Crippen LogP contribution >= 0.6 is 0 Å². The number of non-ortho nitro benzene ring substituents is 1. The molecule has 0 amide bonds. The van der Waals surface area contributed by atoms with Crippen molar-refractivity contribution in [2.24, 2.45) is 0 Å². The number of carbonyl (C=O) groups is 1. The number of unbranched alkanes of at least 4 members (excludes halogenated alkanes) is 11. The fourth-order valence-electron chi connectivity index (χ4n) is 3.16. The van der Waals surface area contributed by atoms with Crippen LogP contribution in [0.5, 0.6) is 5.75 Å². The third-order valence-corrected chi connectivity index (χ3v) is 4.92. The number of esters is 1. The molecule has 0 bridgehead atoms. The monoisotopic (exact) mass is 403 g/mol. The van der Waals surface area contributed by atoms with Gasteiger partial charge in [0.25, 0.3) is 5.69 Å². The van der Waals surface area contributed by atoms with E-state index in [2.05, 4.69) is 19.1 Å². The number of carbonyl (C=O) groups excluding carboxylic acids is 1. The summed E-state index contributed by atoms with van der Waals surface area (Å²) >= 11 is 0. The van der Waals surface area contributed by atoms with E-state index in [1.54, 1.807) is 0 Å². The molecule has 0 unspecified atom stereocenters. The maximum atomic E-state index is 11.8. The second kappa shape index (κ2) is 16.8. The summed E-state index contributed by atoms with van der Waals surface area (Å²) in [4.78, 5) is 21.9. The second-order valence-corrected chi connectivity index (χ2v) is 7.56. The average Bonchev–Trinajstić information content (AvgIpc) is 2.71. The summed E-state index contributed by atoms with van der Waals surface area (Å²) in [6.45, 7) is 2.25. The van der Waals surface area contributed by atoms with E-state index in [0.29, 0.717) is 12.2 Å². The first-order valence-electron chi connectivity index (χ1n) is 11.2. The van der Waals surface area contributed by atoms with E-state index >= 15 is 0 Å². The van der Waals surface area contributed by atoms with Crippen LogP contribution in [-0.2, 0) is 4.79 Å². The summed E-state index contributed by atoms with van der Waals surface area (Å²) in [5.74, 6) is 0.0739. The van der Waals surface area contributed by atoms with E-state index in [-0.39, 0.29) is 11.7 Å². The number of nitro groups is 1. The molecule has 0 fully saturated rings. The number of benzene rings is 1. The Morgan fingerprint density at radius 2 is 1.38 bits per heavy atom. The summed E-state index contributed by atoms with van der Waals surface area (Å²) in [6, 6.07) is 5.58. The lowest BCUT2D eigenvalue weighted by Crippen LogP contribution is -2.07. The van der Waals surface area contributed by atoms with E-state index in [1.807, 2.05) is 0 Å². The molecule has 0 saturated heterocycles. The molecule has 0 N–H and O–H groups in total. The summed E-state index contributed by atoms with van der Waals surface area (Å²) in [5.41, 5.74) is -0.0120. The first-order chi connectivity index (χ1) is 14.1. The molecule has 0 heterocycles. The first-order valence-corrected chi connectivity index (χ1v) is 11.2. The average molecular weight is 404 g/mol. The Morgan fingerprint density at radius 1 is 0.862 bits per heavy atom. The zero-order valence-electron chi connectivity index (χ0n) is 17.9.